The van der Waals surface area contributed by atoms with Gasteiger partial charge in [0.25, 0.3) is 0 Å². The minimum atomic E-state index is -0.383. The third-order valence-electron chi connectivity index (χ3n) is 4.07. The molecular weight excluding hydrogens is 422 g/mol. The van der Waals surface area contributed by atoms with Crippen molar-refractivity contribution in [2.24, 2.45) is 0 Å². The zero-order valence-electron chi connectivity index (χ0n) is 14.9. The smallest absolute Gasteiger partial charge is 0.323 e. The summed E-state index contributed by atoms with van der Waals surface area (Å²) in [5.74, 6) is 1.00. The molecule has 2 N–H and O–H groups in total. The third kappa shape index (κ3) is 3.84. The van der Waals surface area contributed by atoms with E-state index in [1.54, 1.807) is 25.3 Å². The number of aromatic nitrogens is 1. The van der Waals surface area contributed by atoms with Crippen molar-refractivity contribution >= 4 is 44.4 Å². The lowest BCUT2D eigenvalue weighted by molar-refractivity contribution is 0.262. The second-order valence-electron chi connectivity index (χ2n) is 5.99. The lowest BCUT2D eigenvalue weighted by Gasteiger charge is -2.12. The molecule has 28 heavy (non-hydrogen) atoms. The summed E-state index contributed by atoms with van der Waals surface area (Å²) in [5.41, 5.74) is 3.39. The highest BCUT2D eigenvalue weighted by Crippen LogP contribution is 2.32. The van der Waals surface area contributed by atoms with Crippen LogP contribution in [0.4, 0.5) is 16.2 Å². The number of anilines is 2. The van der Waals surface area contributed by atoms with Crippen LogP contribution in [0, 0.1) is 0 Å². The van der Waals surface area contributed by atoms with E-state index in [-0.39, 0.29) is 6.03 Å². The molecule has 2 amide bonds. The first kappa shape index (κ1) is 18.1. The van der Waals surface area contributed by atoms with Gasteiger partial charge in [0.15, 0.2) is 5.58 Å². The van der Waals surface area contributed by atoms with E-state index in [1.807, 2.05) is 48.5 Å². The Bertz CT molecular complexity index is 1120. The zero-order chi connectivity index (χ0) is 19.5. The van der Waals surface area contributed by atoms with Gasteiger partial charge in [-0.1, -0.05) is 34.1 Å². The summed E-state index contributed by atoms with van der Waals surface area (Å²) in [6, 6.07) is 19.9. The zero-order valence-corrected chi connectivity index (χ0v) is 16.5. The lowest BCUT2D eigenvalue weighted by atomic mass is 10.2. The number of urea groups is 1. The summed E-state index contributed by atoms with van der Waals surface area (Å²) >= 11 is 3.38. The highest BCUT2D eigenvalue weighted by molar-refractivity contribution is 9.10. The molecule has 0 atom stereocenters. The number of carbonyl (C=O) groups excluding carboxylic acids is 1. The van der Waals surface area contributed by atoms with E-state index in [4.69, 9.17) is 9.15 Å². The Morgan fingerprint density at radius 1 is 1.04 bits per heavy atom. The van der Waals surface area contributed by atoms with Crippen molar-refractivity contribution in [3.05, 3.63) is 71.2 Å². The van der Waals surface area contributed by atoms with Gasteiger partial charge in [-0.15, -0.1) is 0 Å². The molecule has 1 aromatic heterocycles. The topological polar surface area (TPSA) is 76.4 Å². The second kappa shape index (κ2) is 7.74. The Kier molecular flexibility index (Phi) is 4.99. The predicted octanol–water partition coefficient (Wildman–Crippen LogP) is 5.91. The highest BCUT2D eigenvalue weighted by Gasteiger charge is 2.13. The first-order chi connectivity index (χ1) is 13.6. The van der Waals surface area contributed by atoms with Crippen molar-refractivity contribution in [2.75, 3.05) is 17.7 Å². The first-order valence-electron chi connectivity index (χ1n) is 8.50. The van der Waals surface area contributed by atoms with E-state index >= 15 is 0 Å². The normalized spacial score (nSPS) is 10.6. The number of halogens is 1. The monoisotopic (exact) mass is 437 g/mol. The number of nitrogens with one attached hydrogen (secondary N) is 2. The summed E-state index contributed by atoms with van der Waals surface area (Å²) in [6.07, 6.45) is 0. The number of amides is 2. The number of ether oxygens (including phenoxy) is 1. The summed E-state index contributed by atoms with van der Waals surface area (Å²) in [5, 5.41) is 5.60. The number of hydrogen-bond donors (Lipinski definition) is 2. The molecule has 0 radical (unpaired) electrons. The predicted molar refractivity (Wildman–Crippen MR) is 113 cm³/mol. The van der Waals surface area contributed by atoms with Gasteiger partial charge < -0.3 is 19.8 Å². The van der Waals surface area contributed by atoms with Crippen molar-refractivity contribution in [3.63, 3.8) is 0 Å². The van der Waals surface area contributed by atoms with Crippen molar-refractivity contribution in [1.82, 2.24) is 4.98 Å². The summed E-state index contributed by atoms with van der Waals surface area (Å²) in [6.45, 7) is 0. The largest absolute Gasteiger partial charge is 0.495 e. The third-order valence-corrected chi connectivity index (χ3v) is 4.56. The van der Waals surface area contributed by atoms with Crippen LogP contribution in [0.2, 0.25) is 0 Å². The number of rotatable bonds is 4. The quantitative estimate of drug-likeness (QED) is 0.415. The molecule has 3 aromatic carbocycles. The van der Waals surface area contributed by atoms with Gasteiger partial charge >= 0.3 is 6.03 Å². The second-order valence-corrected chi connectivity index (χ2v) is 6.91. The molecular formula is C21H16BrN3O3. The lowest BCUT2D eigenvalue weighted by Crippen LogP contribution is -2.19. The number of hydrogen-bond acceptors (Lipinski definition) is 4. The molecule has 0 fully saturated rings. The molecule has 7 heteroatoms. The molecule has 140 valence electrons. The fraction of sp³-hybridized carbons (Fsp3) is 0.0476. The Hall–Kier alpha value is -3.32. The summed E-state index contributed by atoms with van der Waals surface area (Å²) in [4.78, 5) is 16.9. The van der Waals surface area contributed by atoms with Crippen LogP contribution in [-0.4, -0.2) is 18.1 Å². The van der Waals surface area contributed by atoms with Crippen LogP contribution in [-0.2, 0) is 0 Å². The van der Waals surface area contributed by atoms with Crippen LogP contribution in [0.5, 0.6) is 5.75 Å². The van der Waals surface area contributed by atoms with Crippen LogP contribution in [0.15, 0.2) is 75.6 Å². The average molecular weight is 438 g/mol. The van der Waals surface area contributed by atoms with E-state index in [9.17, 15) is 4.79 Å². The molecule has 6 nitrogen and oxygen atoms in total. The minimum Gasteiger partial charge on any atom is -0.495 e. The van der Waals surface area contributed by atoms with Crippen LogP contribution in [0.1, 0.15) is 0 Å². The van der Waals surface area contributed by atoms with E-state index in [0.29, 0.717) is 28.6 Å². The van der Waals surface area contributed by atoms with Crippen LogP contribution in [0.3, 0.4) is 0 Å². The van der Waals surface area contributed by atoms with Crippen molar-refractivity contribution in [1.29, 1.82) is 0 Å². The van der Waals surface area contributed by atoms with Crippen LogP contribution >= 0.6 is 15.9 Å². The number of nitrogens with zero attached hydrogens (tertiary/aromatic N) is 1. The summed E-state index contributed by atoms with van der Waals surface area (Å²) < 4.78 is 12.1. The molecule has 0 bridgehead atoms. The summed E-state index contributed by atoms with van der Waals surface area (Å²) in [7, 11) is 1.55. The van der Waals surface area contributed by atoms with Gasteiger partial charge in [0, 0.05) is 15.7 Å². The average Bonchev–Trinajstić information content (AvgIpc) is 3.12. The van der Waals surface area contributed by atoms with Crippen LogP contribution < -0.4 is 15.4 Å². The standard InChI is InChI=1S/C21H16BrN3O3/c1-27-18-10-9-13(20-24-16-7-2-3-8-19(16)28-20)11-17(18)25-21(26)23-15-6-4-5-14(22)12-15/h2-12H,1H3,(H2,23,25,26). The molecule has 0 unspecified atom stereocenters. The van der Waals surface area contributed by atoms with Crippen LogP contribution in [0.25, 0.3) is 22.6 Å². The molecule has 0 aliphatic heterocycles. The molecule has 0 spiro atoms. The van der Waals surface area contributed by atoms with Gasteiger partial charge in [0.1, 0.15) is 11.3 Å². The minimum absolute atomic E-state index is 0.383. The SMILES string of the molecule is COc1ccc(-c2nc3ccccc3o2)cc1NC(=O)Nc1cccc(Br)c1. The molecule has 0 saturated carbocycles. The van der Waals surface area contributed by atoms with Crippen molar-refractivity contribution < 1.29 is 13.9 Å². The first-order valence-corrected chi connectivity index (χ1v) is 9.29. The molecule has 1 heterocycles. The Morgan fingerprint density at radius 3 is 2.68 bits per heavy atom. The van der Waals surface area contributed by atoms with Gasteiger partial charge in [0.05, 0.1) is 12.8 Å². The number of benzene rings is 3. The van der Waals surface area contributed by atoms with Crippen molar-refractivity contribution in [2.45, 2.75) is 0 Å². The van der Waals surface area contributed by atoms with E-state index in [0.717, 1.165) is 15.6 Å². The molecule has 4 rings (SSSR count). The highest BCUT2D eigenvalue weighted by atomic mass is 79.9. The number of para-hydroxylation sites is 2. The van der Waals surface area contributed by atoms with Gasteiger partial charge in [-0.3, -0.25) is 0 Å². The van der Waals surface area contributed by atoms with E-state index in [2.05, 4.69) is 31.5 Å². The van der Waals surface area contributed by atoms with E-state index in [1.165, 1.54) is 0 Å². The number of fused-ring (bicyclic) bond motifs is 1. The number of carbonyl (C=O) groups is 1. The maximum atomic E-state index is 12.4. The Morgan fingerprint density at radius 2 is 1.89 bits per heavy atom. The van der Waals surface area contributed by atoms with Gasteiger partial charge in [-0.2, -0.15) is 0 Å². The van der Waals surface area contributed by atoms with Gasteiger partial charge in [0.2, 0.25) is 5.89 Å². The molecule has 0 aliphatic rings. The number of methoxy groups -OCH3 is 1. The van der Waals surface area contributed by atoms with Gasteiger partial charge in [-0.05, 0) is 48.5 Å². The molecule has 0 aliphatic carbocycles. The Labute approximate surface area is 169 Å². The molecule has 4 aromatic rings. The fourth-order valence-corrected chi connectivity index (χ4v) is 3.18. The van der Waals surface area contributed by atoms with Gasteiger partial charge in [-0.25, -0.2) is 9.78 Å². The maximum absolute atomic E-state index is 12.4. The van der Waals surface area contributed by atoms with E-state index < -0.39 is 0 Å². The molecule has 0 saturated heterocycles. The van der Waals surface area contributed by atoms with Crippen molar-refractivity contribution in [3.8, 4) is 17.2 Å². The Balaban J connectivity index is 1.60. The fourth-order valence-electron chi connectivity index (χ4n) is 2.79. The number of oxazole rings is 1. The maximum Gasteiger partial charge on any atom is 0.323 e.